The molecule has 0 aromatic carbocycles. The van der Waals surface area contributed by atoms with E-state index in [1.54, 1.807) is 0 Å². The van der Waals surface area contributed by atoms with Gasteiger partial charge in [-0.3, -0.25) is 0 Å². The smallest absolute Gasteiger partial charge is 0.129 e. The Kier molecular flexibility index (Phi) is 3.27. The lowest BCUT2D eigenvalue weighted by Crippen LogP contribution is -2.12. The van der Waals surface area contributed by atoms with E-state index in [2.05, 4.69) is 27.8 Å². The van der Waals surface area contributed by atoms with Gasteiger partial charge in [-0.25, -0.2) is 4.98 Å². The first-order valence-electron chi connectivity index (χ1n) is 6.17. The molecule has 0 amide bonds. The van der Waals surface area contributed by atoms with E-state index >= 15 is 0 Å². The molecule has 0 aliphatic heterocycles. The molecule has 1 aliphatic rings. The van der Waals surface area contributed by atoms with Crippen LogP contribution in [0.15, 0.2) is 29.6 Å². The van der Waals surface area contributed by atoms with Crippen LogP contribution in [0.4, 0.5) is 5.69 Å². The minimum atomic E-state index is 0.423. The van der Waals surface area contributed by atoms with Crippen LogP contribution < -0.4 is 5.32 Å². The molecule has 1 atom stereocenters. The third-order valence-corrected chi connectivity index (χ3v) is 4.47. The Balaban J connectivity index is 1.84. The quantitative estimate of drug-likeness (QED) is 0.822. The van der Waals surface area contributed by atoms with Crippen LogP contribution in [0.3, 0.4) is 0 Å². The number of pyridine rings is 1. The standard InChI is InChI=1S/C14H15ClN2S/c1-9-11(6-7-13(15)16-9)17-14(10-4-5-10)12-3-2-8-18-12/h2-3,6-8,10,14,17H,4-5H2,1H3. The van der Waals surface area contributed by atoms with E-state index in [4.69, 9.17) is 11.6 Å². The van der Waals surface area contributed by atoms with Crippen molar-refractivity contribution < 1.29 is 0 Å². The summed E-state index contributed by atoms with van der Waals surface area (Å²) in [5.74, 6) is 0.763. The summed E-state index contributed by atoms with van der Waals surface area (Å²) < 4.78 is 0. The van der Waals surface area contributed by atoms with Gasteiger partial charge in [0, 0.05) is 4.88 Å². The van der Waals surface area contributed by atoms with Gasteiger partial charge >= 0.3 is 0 Å². The lowest BCUT2D eigenvalue weighted by molar-refractivity contribution is 0.689. The maximum Gasteiger partial charge on any atom is 0.129 e. The van der Waals surface area contributed by atoms with Crippen molar-refractivity contribution in [1.29, 1.82) is 0 Å². The molecule has 0 bridgehead atoms. The Bertz CT molecular complexity index is 535. The molecule has 1 fully saturated rings. The number of rotatable bonds is 4. The van der Waals surface area contributed by atoms with Crippen LogP contribution >= 0.6 is 22.9 Å². The van der Waals surface area contributed by atoms with Crippen LogP contribution in [0.2, 0.25) is 5.15 Å². The van der Waals surface area contributed by atoms with Gasteiger partial charge in [0.15, 0.2) is 0 Å². The van der Waals surface area contributed by atoms with Crippen molar-refractivity contribution in [1.82, 2.24) is 4.98 Å². The van der Waals surface area contributed by atoms with E-state index in [9.17, 15) is 0 Å². The topological polar surface area (TPSA) is 24.9 Å². The third-order valence-electron chi connectivity index (χ3n) is 3.31. The van der Waals surface area contributed by atoms with Gasteiger partial charge in [-0.05, 0) is 49.3 Å². The number of hydrogen-bond acceptors (Lipinski definition) is 3. The number of hydrogen-bond donors (Lipinski definition) is 1. The highest BCUT2D eigenvalue weighted by Gasteiger charge is 2.33. The van der Waals surface area contributed by atoms with Crippen LogP contribution in [-0.2, 0) is 0 Å². The molecule has 2 heterocycles. The van der Waals surface area contributed by atoms with Gasteiger partial charge in [-0.2, -0.15) is 0 Å². The molecule has 94 valence electrons. The van der Waals surface area contributed by atoms with E-state index in [0.29, 0.717) is 11.2 Å². The van der Waals surface area contributed by atoms with Crippen LogP contribution in [0.25, 0.3) is 0 Å². The number of anilines is 1. The second-order valence-corrected chi connectivity index (χ2v) is 6.11. The predicted octanol–water partition coefficient (Wildman–Crippen LogP) is 4.67. The van der Waals surface area contributed by atoms with E-state index in [-0.39, 0.29) is 0 Å². The van der Waals surface area contributed by atoms with E-state index in [1.807, 2.05) is 30.4 Å². The van der Waals surface area contributed by atoms with Crippen molar-refractivity contribution in [3.05, 3.63) is 45.4 Å². The highest BCUT2D eigenvalue weighted by molar-refractivity contribution is 7.10. The maximum absolute atomic E-state index is 5.89. The van der Waals surface area contributed by atoms with Gasteiger partial charge in [0.25, 0.3) is 0 Å². The number of nitrogens with zero attached hydrogens (tertiary/aromatic N) is 1. The highest BCUT2D eigenvalue weighted by Crippen LogP contribution is 2.44. The third kappa shape index (κ3) is 2.52. The summed E-state index contributed by atoms with van der Waals surface area (Å²) in [7, 11) is 0. The fourth-order valence-corrected chi connectivity index (χ4v) is 3.23. The molecule has 0 saturated heterocycles. The largest absolute Gasteiger partial charge is 0.376 e. The summed E-state index contributed by atoms with van der Waals surface area (Å²) in [4.78, 5) is 5.70. The number of halogens is 1. The summed E-state index contributed by atoms with van der Waals surface area (Å²) in [5.41, 5.74) is 2.05. The lowest BCUT2D eigenvalue weighted by atomic mass is 10.1. The fourth-order valence-electron chi connectivity index (χ4n) is 2.17. The van der Waals surface area contributed by atoms with Crippen molar-refractivity contribution in [3.63, 3.8) is 0 Å². The molecule has 18 heavy (non-hydrogen) atoms. The average molecular weight is 279 g/mol. The summed E-state index contributed by atoms with van der Waals surface area (Å²) in [6, 6.07) is 8.61. The zero-order valence-electron chi connectivity index (χ0n) is 10.2. The van der Waals surface area contributed by atoms with Crippen LogP contribution in [0.1, 0.15) is 29.5 Å². The van der Waals surface area contributed by atoms with Crippen LogP contribution in [0, 0.1) is 12.8 Å². The zero-order chi connectivity index (χ0) is 12.5. The molecule has 2 aromatic rings. The van der Waals surface area contributed by atoms with Crippen LogP contribution in [-0.4, -0.2) is 4.98 Å². The number of nitrogens with one attached hydrogen (secondary N) is 1. The molecule has 1 unspecified atom stereocenters. The Morgan fingerprint density at radius 1 is 1.39 bits per heavy atom. The monoisotopic (exact) mass is 278 g/mol. The van der Waals surface area contributed by atoms with Crippen molar-refractivity contribution >= 4 is 28.6 Å². The molecule has 1 aliphatic carbocycles. The normalized spacial score (nSPS) is 16.6. The van der Waals surface area contributed by atoms with Gasteiger partial charge in [0.05, 0.1) is 17.4 Å². The first-order valence-corrected chi connectivity index (χ1v) is 7.43. The fraction of sp³-hybridized carbons (Fsp3) is 0.357. The second-order valence-electron chi connectivity index (χ2n) is 4.74. The molecule has 4 heteroatoms. The van der Waals surface area contributed by atoms with Gasteiger partial charge in [0.2, 0.25) is 0 Å². The summed E-state index contributed by atoms with van der Waals surface area (Å²) in [5, 5.41) is 6.32. The van der Waals surface area contributed by atoms with Gasteiger partial charge in [-0.15, -0.1) is 11.3 Å². The van der Waals surface area contributed by atoms with Crippen molar-refractivity contribution in [2.24, 2.45) is 5.92 Å². The van der Waals surface area contributed by atoms with Gasteiger partial charge < -0.3 is 5.32 Å². The van der Waals surface area contributed by atoms with Crippen molar-refractivity contribution in [2.75, 3.05) is 5.32 Å². The molecule has 2 nitrogen and oxygen atoms in total. The summed E-state index contributed by atoms with van der Waals surface area (Å²) in [6.45, 7) is 1.99. The van der Waals surface area contributed by atoms with Gasteiger partial charge in [-0.1, -0.05) is 17.7 Å². The highest BCUT2D eigenvalue weighted by atomic mass is 35.5. The van der Waals surface area contributed by atoms with Crippen molar-refractivity contribution in [3.8, 4) is 0 Å². The molecule has 0 spiro atoms. The number of thiophene rings is 1. The zero-order valence-corrected chi connectivity index (χ0v) is 11.8. The molecule has 3 rings (SSSR count). The second kappa shape index (κ2) is 4.90. The first-order chi connectivity index (χ1) is 8.74. The van der Waals surface area contributed by atoms with E-state index in [1.165, 1.54) is 17.7 Å². The molecular formula is C14H15ClN2S. The summed E-state index contributed by atoms with van der Waals surface area (Å²) in [6.07, 6.45) is 2.63. The Morgan fingerprint density at radius 2 is 2.22 bits per heavy atom. The minimum absolute atomic E-state index is 0.423. The summed E-state index contributed by atoms with van der Waals surface area (Å²) >= 11 is 7.71. The predicted molar refractivity (Wildman–Crippen MR) is 77.4 cm³/mol. The molecular weight excluding hydrogens is 264 g/mol. The van der Waals surface area contributed by atoms with E-state index in [0.717, 1.165) is 17.3 Å². The Labute approximate surface area is 116 Å². The minimum Gasteiger partial charge on any atom is -0.376 e. The average Bonchev–Trinajstić information content (AvgIpc) is 3.03. The maximum atomic E-state index is 5.89. The SMILES string of the molecule is Cc1nc(Cl)ccc1NC(c1cccs1)C1CC1. The molecule has 0 radical (unpaired) electrons. The molecule has 1 saturated carbocycles. The van der Waals surface area contributed by atoms with E-state index < -0.39 is 0 Å². The molecule has 2 aromatic heterocycles. The van der Waals surface area contributed by atoms with Gasteiger partial charge in [0.1, 0.15) is 5.15 Å². The molecule has 1 N–H and O–H groups in total. The Hall–Kier alpha value is -1.06. The van der Waals surface area contributed by atoms with Crippen LogP contribution in [0.5, 0.6) is 0 Å². The number of aromatic nitrogens is 1. The van der Waals surface area contributed by atoms with Crippen molar-refractivity contribution in [2.45, 2.75) is 25.8 Å². The Morgan fingerprint density at radius 3 is 2.83 bits per heavy atom. The number of aryl methyl sites for hydroxylation is 1. The first kappa shape index (κ1) is 12.0. The lowest BCUT2D eigenvalue weighted by Gasteiger charge is -2.19.